The van der Waals surface area contributed by atoms with Crippen molar-refractivity contribution in [3.05, 3.63) is 266 Å². The molecule has 2 radical (unpaired) electrons. The van der Waals surface area contributed by atoms with Gasteiger partial charge in [-0.1, -0.05) is 123 Å². The molecule has 0 aliphatic carbocycles. The van der Waals surface area contributed by atoms with E-state index in [2.05, 4.69) is 163 Å². The number of nitrogens with zero attached hydrogens (tertiary/aromatic N) is 4. The number of benzene rings is 6. The van der Waals surface area contributed by atoms with E-state index >= 15 is 0 Å². The van der Waals surface area contributed by atoms with E-state index in [-0.39, 0.29) is 45.6 Å². The summed E-state index contributed by atoms with van der Waals surface area (Å²) in [6, 6.07) is 81.7. The summed E-state index contributed by atoms with van der Waals surface area (Å²) in [5.41, 5.74) is 15.5. The van der Waals surface area contributed by atoms with E-state index in [0.29, 0.717) is 0 Å². The molecule has 0 saturated heterocycles. The van der Waals surface area contributed by atoms with Crippen molar-refractivity contribution in [3.63, 3.8) is 0 Å². The van der Waals surface area contributed by atoms with Crippen molar-refractivity contribution in [2.24, 2.45) is 0 Å². The summed E-state index contributed by atoms with van der Waals surface area (Å²) in [5, 5.41) is 0. The Morgan fingerprint density at radius 1 is 0.328 bits per heavy atom. The van der Waals surface area contributed by atoms with E-state index in [0.717, 1.165) is 45.0 Å². The Balaban J connectivity index is 0.000000171. The van der Waals surface area contributed by atoms with Gasteiger partial charge < -0.3 is 19.9 Å². The van der Waals surface area contributed by atoms with Gasteiger partial charge in [-0.3, -0.25) is 0 Å². The first kappa shape index (κ1) is 51.2. The second kappa shape index (κ2) is 26.4. The molecular weight excluding hydrogens is 1170 g/mol. The molecule has 6 heteroatoms. The van der Waals surface area contributed by atoms with Crippen LogP contribution in [0.15, 0.2) is 231 Å². The van der Waals surface area contributed by atoms with Gasteiger partial charge in [0.05, 0.1) is 0 Å². The normalized spacial score (nSPS) is 10.1. The maximum atomic E-state index is 4.53. The number of aryl methyl sites for hydroxylation is 1. The number of hydrogen-bond donors (Lipinski definition) is 0. The molecule has 0 fully saturated rings. The molecule has 0 bridgehead atoms. The molecule has 10 aromatic rings. The molecule has 0 unspecified atom stereocenters. The van der Waals surface area contributed by atoms with Crippen LogP contribution in [0.4, 0.5) is 0 Å². The Morgan fingerprint density at radius 2 is 0.746 bits per heavy atom. The molecule has 4 aromatic heterocycles. The van der Waals surface area contributed by atoms with Gasteiger partial charge in [0.1, 0.15) is 0 Å². The number of aromatic nitrogens is 4. The van der Waals surface area contributed by atoms with Gasteiger partial charge in [-0.2, -0.15) is 0 Å². The molecular formula is C61H50Ir2N4-4. The average Bonchev–Trinajstić information content (AvgIpc) is 3.38. The van der Waals surface area contributed by atoms with Crippen molar-refractivity contribution in [1.82, 2.24) is 19.9 Å². The standard InChI is InChI=1S/C21H20N.C18H14N.2C11H8N.2Ir/c1-21(2,3)19-12-13-22-20(15-19)18-11-7-10-17(14-18)16-8-5-4-6-9-16;1-14-10-11-19-18(12-14)17-9-5-8-16(13-17)15-6-3-2-4-7-15;2*1-2-6-10(7-3-1)11-8-4-5-9-12-11;;/h4-10,12-15H,1-3H3;2-8,10-13H,1H3;2*1-6,8-9H;;/q4*-1;;. The second-order valence-electron chi connectivity index (χ2n) is 16.1. The summed E-state index contributed by atoms with van der Waals surface area (Å²) in [6.45, 7) is 8.73. The third-order valence-corrected chi connectivity index (χ3v) is 10.2. The Labute approximate surface area is 424 Å². The largest absolute Gasteiger partial charge is 0.305 e. The molecule has 336 valence electrons. The summed E-state index contributed by atoms with van der Waals surface area (Å²) >= 11 is 0. The topological polar surface area (TPSA) is 51.6 Å². The minimum Gasteiger partial charge on any atom is -0.305 e. The van der Waals surface area contributed by atoms with Crippen LogP contribution in [0.5, 0.6) is 0 Å². The monoisotopic (exact) mass is 1220 g/mol. The molecule has 0 aliphatic rings. The van der Waals surface area contributed by atoms with Gasteiger partial charge in [-0.25, -0.2) is 0 Å². The van der Waals surface area contributed by atoms with Crippen LogP contribution in [0, 0.1) is 31.2 Å². The predicted octanol–water partition coefficient (Wildman–Crippen LogP) is 15.1. The smallest absolute Gasteiger partial charge is 0.0163 e. The van der Waals surface area contributed by atoms with Crippen molar-refractivity contribution >= 4 is 0 Å². The minimum absolute atomic E-state index is 0. The molecule has 0 atom stereocenters. The van der Waals surface area contributed by atoms with Gasteiger partial charge in [0.25, 0.3) is 0 Å². The molecule has 0 saturated carbocycles. The fraction of sp³-hybridized carbons (Fsp3) is 0.0820. The minimum atomic E-state index is 0. The van der Waals surface area contributed by atoms with Crippen LogP contribution >= 0.6 is 0 Å². The summed E-state index contributed by atoms with van der Waals surface area (Å²) in [6.07, 6.45) is 7.30. The number of pyridine rings is 4. The maximum Gasteiger partial charge on any atom is 0.0163 e. The predicted molar refractivity (Wildman–Crippen MR) is 268 cm³/mol. The molecule has 0 N–H and O–H groups in total. The zero-order chi connectivity index (χ0) is 45.1. The zero-order valence-electron chi connectivity index (χ0n) is 37.9. The zero-order valence-corrected chi connectivity index (χ0v) is 42.7. The third kappa shape index (κ3) is 15.7. The van der Waals surface area contributed by atoms with Crippen LogP contribution in [-0.2, 0) is 45.6 Å². The summed E-state index contributed by atoms with van der Waals surface area (Å²) in [7, 11) is 0. The van der Waals surface area contributed by atoms with Crippen LogP contribution in [0.3, 0.4) is 0 Å². The van der Waals surface area contributed by atoms with E-state index in [4.69, 9.17) is 0 Å². The summed E-state index contributed by atoms with van der Waals surface area (Å²) in [4.78, 5) is 17.4. The third-order valence-electron chi connectivity index (χ3n) is 10.2. The molecule has 4 nitrogen and oxygen atoms in total. The Hall–Kier alpha value is -6.78. The van der Waals surface area contributed by atoms with Crippen molar-refractivity contribution in [3.8, 4) is 67.3 Å². The first-order chi connectivity index (χ1) is 31.8. The van der Waals surface area contributed by atoms with E-state index in [9.17, 15) is 0 Å². The van der Waals surface area contributed by atoms with Crippen LogP contribution in [0.25, 0.3) is 67.3 Å². The van der Waals surface area contributed by atoms with E-state index < -0.39 is 0 Å². The van der Waals surface area contributed by atoms with Gasteiger partial charge in [0.15, 0.2) is 0 Å². The fourth-order valence-corrected chi connectivity index (χ4v) is 6.73. The summed E-state index contributed by atoms with van der Waals surface area (Å²) in [5.74, 6) is 0. The van der Waals surface area contributed by atoms with Crippen molar-refractivity contribution in [2.45, 2.75) is 33.1 Å². The van der Waals surface area contributed by atoms with Gasteiger partial charge in [0, 0.05) is 65.0 Å². The molecule has 6 aromatic carbocycles. The quantitative estimate of drug-likeness (QED) is 0.156. The Morgan fingerprint density at radius 3 is 1.16 bits per heavy atom. The molecule has 0 amide bonds. The molecule has 0 spiro atoms. The van der Waals surface area contributed by atoms with Gasteiger partial charge in [-0.05, 0) is 76.1 Å². The van der Waals surface area contributed by atoms with E-state index in [1.807, 2.05) is 128 Å². The summed E-state index contributed by atoms with van der Waals surface area (Å²) < 4.78 is 0. The first-order valence-corrected chi connectivity index (χ1v) is 21.6. The first-order valence-electron chi connectivity index (χ1n) is 21.6. The Bertz CT molecular complexity index is 2800. The maximum absolute atomic E-state index is 4.53. The van der Waals surface area contributed by atoms with Crippen LogP contribution in [0.1, 0.15) is 31.9 Å². The van der Waals surface area contributed by atoms with Gasteiger partial charge in [0.2, 0.25) is 0 Å². The van der Waals surface area contributed by atoms with Crippen LogP contribution in [-0.4, -0.2) is 19.9 Å². The molecule has 10 rings (SSSR count). The average molecular weight is 1220 g/mol. The number of rotatable bonds is 6. The fourth-order valence-electron chi connectivity index (χ4n) is 6.73. The molecule has 4 heterocycles. The Kier molecular flexibility index (Phi) is 20.2. The van der Waals surface area contributed by atoms with Gasteiger partial charge in [-0.15, -0.1) is 143 Å². The SMILES string of the molecule is CC(C)(C)c1ccnc(-c2[c-]ccc(-c3ccccc3)c2)c1.Cc1ccnc(-c2[c-]ccc(-c3ccccc3)c2)c1.[Ir].[Ir].[c-]1ccccc1-c1ccccn1.[c-]1ccccc1-c1ccccn1. The second-order valence-corrected chi connectivity index (χ2v) is 16.1. The number of hydrogen-bond acceptors (Lipinski definition) is 4. The molecule has 67 heavy (non-hydrogen) atoms. The van der Waals surface area contributed by atoms with Crippen molar-refractivity contribution < 1.29 is 40.2 Å². The van der Waals surface area contributed by atoms with Crippen LogP contribution < -0.4 is 0 Å². The van der Waals surface area contributed by atoms with Crippen molar-refractivity contribution in [2.75, 3.05) is 0 Å². The van der Waals surface area contributed by atoms with E-state index in [1.54, 1.807) is 12.4 Å². The van der Waals surface area contributed by atoms with Gasteiger partial charge >= 0.3 is 0 Å². The van der Waals surface area contributed by atoms with Crippen molar-refractivity contribution in [1.29, 1.82) is 0 Å². The van der Waals surface area contributed by atoms with E-state index in [1.165, 1.54) is 33.4 Å². The molecule has 0 aliphatic heterocycles. The van der Waals surface area contributed by atoms with Crippen LogP contribution in [0.2, 0.25) is 0 Å².